The molecule has 0 atom stereocenters. The molecule has 1 aliphatic rings. The first-order valence-electron chi connectivity index (χ1n) is 4.89. The van der Waals surface area contributed by atoms with Gasteiger partial charge in [0.15, 0.2) is 6.79 Å². The maximum atomic E-state index is 5.69. The third-order valence-corrected chi connectivity index (χ3v) is 2.57. The van der Waals surface area contributed by atoms with Gasteiger partial charge in [-0.3, -0.25) is 0 Å². The van der Waals surface area contributed by atoms with E-state index in [1.54, 1.807) is 6.20 Å². The van der Waals surface area contributed by atoms with Crippen LogP contribution >= 0.6 is 0 Å². The number of ether oxygens (including phenoxy) is 2. The summed E-state index contributed by atoms with van der Waals surface area (Å²) >= 11 is 0. The number of anilines is 1. The van der Waals surface area contributed by atoms with Crippen LogP contribution in [0.2, 0.25) is 0 Å². The molecule has 1 aliphatic heterocycles. The highest BCUT2D eigenvalue weighted by atomic mass is 16.7. The van der Waals surface area contributed by atoms with Crippen molar-refractivity contribution in [3.63, 3.8) is 0 Å². The van der Waals surface area contributed by atoms with Gasteiger partial charge in [-0.25, -0.2) is 0 Å². The van der Waals surface area contributed by atoms with Crippen molar-refractivity contribution < 1.29 is 14.0 Å². The molecule has 0 bridgehead atoms. The number of nitrogen functional groups attached to an aromatic ring is 1. The second kappa shape index (κ2) is 3.53. The number of nitrogens with two attached hydrogens (primary N) is 1. The van der Waals surface area contributed by atoms with Crippen molar-refractivity contribution in [1.82, 2.24) is 5.16 Å². The topological polar surface area (TPSA) is 70.5 Å². The molecule has 3 rings (SSSR count). The Bertz CT molecular complexity index is 522. The molecule has 0 saturated heterocycles. The molecular weight excluding hydrogens is 208 g/mol. The summed E-state index contributed by atoms with van der Waals surface area (Å²) in [4.78, 5) is 0. The summed E-state index contributed by atoms with van der Waals surface area (Å²) in [5.41, 5.74) is 8.38. The van der Waals surface area contributed by atoms with E-state index >= 15 is 0 Å². The van der Waals surface area contributed by atoms with Crippen LogP contribution in [0, 0.1) is 0 Å². The van der Waals surface area contributed by atoms with Crippen molar-refractivity contribution in [3.05, 3.63) is 30.0 Å². The SMILES string of the molecule is Nc1oncc1-c1cccc2c1COCO2. The van der Waals surface area contributed by atoms with E-state index in [2.05, 4.69) is 5.16 Å². The monoisotopic (exact) mass is 218 g/mol. The van der Waals surface area contributed by atoms with Crippen LogP contribution in [0.15, 0.2) is 28.9 Å². The lowest BCUT2D eigenvalue weighted by molar-refractivity contribution is -0.0160. The van der Waals surface area contributed by atoms with Crippen molar-refractivity contribution in [3.8, 4) is 16.9 Å². The molecule has 82 valence electrons. The summed E-state index contributed by atoms with van der Waals surface area (Å²) < 4.78 is 15.5. The van der Waals surface area contributed by atoms with Crippen LogP contribution in [-0.4, -0.2) is 11.9 Å². The lowest BCUT2D eigenvalue weighted by atomic mass is 10.0. The normalized spacial score (nSPS) is 14.2. The summed E-state index contributed by atoms with van der Waals surface area (Å²) in [7, 11) is 0. The number of hydrogen-bond donors (Lipinski definition) is 1. The van der Waals surface area contributed by atoms with Crippen LogP contribution < -0.4 is 10.5 Å². The largest absolute Gasteiger partial charge is 0.467 e. The Morgan fingerprint density at radius 3 is 3.00 bits per heavy atom. The number of aromatic nitrogens is 1. The van der Waals surface area contributed by atoms with E-state index in [0.29, 0.717) is 12.5 Å². The van der Waals surface area contributed by atoms with Crippen molar-refractivity contribution >= 4 is 5.88 Å². The summed E-state index contributed by atoms with van der Waals surface area (Å²) in [6, 6.07) is 5.76. The summed E-state index contributed by atoms with van der Waals surface area (Å²) in [6.07, 6.45) is 1.60. The molecule has 2 heterocycles. The van der Waals surface area contributed by atoms with E-state index in [9.17, 15) is 0 Å². The molecule has 1 aromatic carbocycles. The maximum absolute atomic E-state index is 5.69. The van der Waals surface area contributed by atoms with E-state index in [4.69, 9.17) is 19.7 Å². The van der Waals surface area contributed by atoms with Gasteiger partial charge in [0.1, 0.15) is 5.75 Å². The van der Waals surface area contributed by atoms with Crippen LogP contribution in [0.3, 0.4) is 0 Å². The van der Waals surface area contributed by atoms with Crippen LogP contribution in [-0.2, 0) is 11.3 Å². The van der Waals surface area contributed by atoms with Gasteiger partial charge in [-0.15, -0.1) is 0 Å². The molecule has 16 heavy (non-hydrogen) atoms. The van der Waals surface area contributed by atoms with Gasteiger partial charge in [-0.1, -0.05) is 17.3 Å². The van der Waals surface area contributed by atoms with E-state index in [1.807, 2.05) is 18.2 Å². The number of hydrogen-bond acceptors (Lipinski definition) is 5. The summed E-state index contributed by atoms with van der Waals surface area (Å²) in [6.45, 7) is 0.797. The molecule has 5 heteroatoms. The second-order valence-corrected chi connectivity index (χ2v) is 3.50. The molecule has 0 saturated carbocycles. The van der Waals surface area contributed by atoms with Gasteiger partial charge < -0.3 is 19.7 Å². The first-order valence-corrected chi connectivity index (χ1v) is 4.89. The minimum Gasteiger partial charge on any atom is -0.467 e. The standard InChI is InChI=1S/C11H10N2O3/c12-11-8(4-13-16-11)7-2-1-3-10-9(7)5-14-6-15-10/h1-4H,5-6,12H2. The molecule has 1 aromatic heterocycles. The first-order chi connectivity index (χ1) is 7.86. The first kappa shape index (κ1) is 9.23. The van der Waals surface area contributed by atoms with E-state index in [-0.39, 0.29) is 6.79 Å². The Morgan fingerprint density at radius 2 is 2.19 bits per heavy atom. The Hall–Kier alpha value is -2.01. The van der Waals surface area contributed by atoms with Gasteiger partial charge in [0.05, 0.1) is 18.4 Å². The lowest BCUT2D eigenvalue weighted by Gasteiger charge is -2.19. The minimum atomic E-state index is 0.287. The van der Waals surface area contributed by atoms with Gasteiger partial charge in [-0.05, 0) is 11.6 Å². The molecule has 0 aliphatic carbocycles. The number of nitrogens with zero attached hydrogens (tertiary/aromatic N) is 1. The van der Waals surface area contributed by atoms with Crippen LogP contribution in [0.5, 0.6) is 5.75 Å². The predicted octanol–water partition coefficient (Wildman–Crippen LogP) is 1.79. The number of rotatable bonds is 1. The predicted molar refractivity (Wildman–Crippen MR) is 56.6 cm³/mol. The molecule has 0 spiro atoms. The molecule has 0 fully saturated rings. The highest BCUT2D eigenvalue weighted by molar-refractivity contribution is 5.76. The Balaban J connectivity index is 2.18. The molecule has 0 unspecified atom stereocenters. The third kappa shape index (κ3) is 1.33. The molecule has 5 nitrogen and oxygen atoms in total. The zero-order chi connectivity index (χ0) is 11.0. The Labute approximate surface area is 91.7 Å². The van der Waals surface area contributed by atoms with E-state index < -0.39 is 0 Å². The Morgan fingerprint density at radius 1 is 1.25 bits per heavy atom. The van der Waals surface area contributed by atoms with Gasteiger partial charge in [-0.2, -0.15) is 0 Å². The quantitative estimate of drug-likeness (QED) is 0.790. The van der Waals surface area contributed by atoms with Crippen molar-refractivity contribution in [1.29, 1.82) is 0 Å². The lowest BCUT2D eigenvalue weighted by Crippen LogP contribution is -2.12. The van der Waals surface area contributed by atoms with Gasteiger partial charge in [0, 0.05) is 5.56 Å². The fraction of sp³-hybridized carbons (Fsp3) is 0.182. The van der Waals surface area contributed by atoms with Gasteiger partial charge in [0.2, 0.25) is 5.88 Å². The van der Waals surface area contributed by atoms with Gasteiger partial charge >= 0.3 is 0 Å². The molecule has 2 aromatic rings. The Kier molecular flexibility index (Phi) is 2.04. The number of fused-ring (bicyclic) bond motifs is 1. The fourth-order valence-corrected chi connectivity index (χ4v) is 1.80. The highest BCUT2D eigenvalue weighted by Crippen LogP contribution is 2.35. The molecule has 0 amide bonds. The van der Waals surface area contributed by atoms with Crippen LogP contribution in [0.25, 0.3) is 11.1 Å². The zero-order valence-corrected chi connectivity index (χ0v) is 8.47. The summed E-state index contributed by atoms with van der Waals surface area (Å²) in [5.74, 6) is 1.13. The zero-order valence-electron chi connectivity index (χ0n) is 8.47. The fourth-order valence-electron chi connectivity index (χ4n) is 1.80. The average Bonchev–Trinajstić information content (AvgIpc) is 2.75. The van der Waals surface area contributed by atoms with Crippen molar-refractivity contribution in [2.75, 3.05) is 12.5 Å². The van der Waals surface area contributed by atoms with Crippen LogP contribution in [0.1, 0.15) is 5.56 Å². The summed E-state index contributed by atoms with van der Waals surface area (Å²) in [5, 5.41) is 3.67. The van der Waals surface area contributed by atoms with Crippen LogP contribution in [0.4, 0.5) is 5.88 Å². The minimum absolute atomic E-state index is 0.287. The molecular formula is C11H10N2O3. The van der Waals surface area contributed by atoms with E-state index in [0.717, 1.165) is 22.4 Å². The maximum Gasteiger partial charge on any atom is 0.229 e. The molecule has 2 N–H and O–H groups in total. The highest BCUT2D eigenvalue weighted by Gasteiger charge is 2.18. The average molecular weight is 218 g/mol. The van der Waals surface area contributed by atoms with Crippen molar-refractivity contribution in [2.45, 2.75) is 6.61 Å². The molecule has 0 radical (unpaired) electrons. The second-order valence-electron chi connectivity index (χ2n) is 3.50. The smallest absolute Gasteiger partial charge is 0.229 e. The third-order valence-electron chi connectivity index (χ3n) is 2.57. The van der Waals surface area contributed by atoms with Crippen molar-refractivity contribution in [2.24, 2.45) is 0 Å². The van der Waals surface area contributed by atoms with Gasteiger partial charge in [0.25, 0.3) is 0 Å². The number of benzene rings is 1. The van der Waals surface area contributed by atoms with E-state index in [1.165, 1.54) is 0 Å².